The summed E-state index contributed by atoms with van der Waals surface area (Å²) in [5.41, 5.74) is 2.21. The van der Waals surface area contributed by atoms with E-state index in [0.29, 0.717) is 5.75 Å². The first kappa shape index (κ1) is 16.0. The van der Waals surface area contributed by atoms with Crippen molar-refractivity contribution in [2.75, 3.05) is 0 Å². The predicted octanol–water partition coefficient (Wildman–Crippen LogP) is 3.78. The SMILES string of the molecule is Cc1ccc([C@@H](C)NC(=O)[C@@H](C)Oc2ccc(F)cc2)cc1. The molecule has 116 valence electrons. The average Bonchev–Trinajstić information content (AvgIpc) is 2.50. The van der Waals surface area contributed by atoms with Gasteiger partial charge in [0.05, 0.1) is 6.04 Å². The van der Waals surface area contributed by atoms with Crippen LogP contribution in [0.4, 0.5) is 4.39 Å². The largest absolute Gasteiger partial charge is 0.481 e. The maximum Gasteiger partial charge on any atom is 0.261 e. The molecule has 0 spiro atoms. The molecular weight excluding hydrogens is 281 g/mol. The minimum atomic E-state index is -0.654. The van der Waals surface area contributed by atoms with Crippen LogP contribution in [0.15, 0.2) is 48.5 Å². The highest BCUT2D eigenvalue weighted by Crippen LogP contribution is 2.15. The van der Waals surface area contributed by atoms with E-state index in [1.54, 1.807) is 6.92 Å². The normalized spacial score (nSPS) is 13.3. The van der Waals surface area contributed by atoms with Gasteiger partial charge in [0.2, 0.25) is 0 Å². The van der Waals surface area contributed by atoms with Gasteiger partial charge in [0.25, 0.3) is 5.91 Å². The molecule has 0 saturated heterocycles. The van der Waals surface area contributed by atoms with E-state index in [0.717, 1.165) is 5.56 Å². The highest BCUT2D eigenvalue weighted by atomic mass is 19.1. The summed E-state index contributed by atoms with van der Waals surface area (Å²) in [4.78, 5) is 12.2. The summed E-state index contributed by atoms with van der Waals surface area (Å²) >= 11 is 0. The third-order valence-corrected chi connectivity index (χ3v) is 3.43. The van der Waals surface area contributed by atoms with E-state index >= 15 is 0 Å². The molecule has 2 aromatic rings. The maximum absolute atomic E-state index is 12.8. The Labute approximate surface area is 130 Å². The minimum Gasteiger partial charge on any atom is -0.481 e. The Morgan fingerprint density at radius 1 is 1.05 bits per heavy atom. The first-order valence-corrected chi connectivity index (χ1v) is 7.25. The summed E-state index contributed by atoms with van der Waals surface area (Å²) in [6.45, 7) is 5.61. The second-order valence-corrected chi connectivity index (χ2v) is 5.35. The van der Waals surface area contributed by atoms with Gasteiger partial charge in [-0.25, -0.2) is 4.39 Å². The molecule has 0 unspecified atom stereocenters. The van der Waals surface area contributed by atoms with Crippen LogP contribution in [0.25, 0.3) is 0 Å². The van der Waals surface area contributed by atoms with Gasteiger partial charge in [-0.1, -0.05) is 29.8 Å². The number of carbonyl (C=O) groups excluding carboxylic acids is 1. The lowest BCUT2D eigenvalue weighted by Crippen LogP contribution is -2.37. The van der Waals surface area contributed by atoms with Gasteiger partial charge in [0, 0.05) is 0 Å². The predicted molar refractivity (Wildman–Crippen MR) is 84.2 cm³/mol. The summed E-state index contributed by atoms with van der Waals surface area (Å²) in [5, 5.41) is 2.91. The molecule has 0 aliphatic carbocycles. The van der Waals surface area contributed by atoms with Crippen LogP contribution >= 0.6 is 0 Å². The zero-order chi connectivity index (χ0) is 16.1. The van der Waals surface area contributed by atoms with Gasteiger partial charge in [0.15, 0.2) is 6.10 Å². The number of rotatable bonds is 5. The highest BCUT2D eigenvalue weighted by Gasteiger charge is 2.17. The van der Waals surface area contributed by atoms with E-state index in [2.05, 4.69) is 5.32 Å². The van der Waals surface area contributed by atoms with Crippen LogP contribution in [0.2, 0.25) is 0 Å². The summed E-state index contributed by atoms with van der Waals surface area (Å²) in [5.74, 6) is -0.0816. The Kier molecular flexibility index (Phi) is 5.15. The summed E-state index contributed by atoms with van der Waals surface area (Å²) < 4.78 is 18.3. The topological polar surface area (TPSA) is 38.3 Å². The van der Waals surface area contributed by atoms with Crippen molar-refractivity contribution in [3.8, 4) is 5.75 Å². The van der Waals surface area contributed by atoms with Crippen LogP contribution in [0.1, 0.15) is 31.0 Å². The number of ether oxygens (including phenoxy) is 1. The third kappa shape index (κ3) is 4.32. The molecule has 0 aromatic heterocycles. The molecule has 0 heterocycles. The summed E-state index contributed by atoms with van der Waals surface area (Å²) in [7, 11) is 0. The number of halogens is 1. The van der Waals surface area contributed by atoms with E-state index < -0.39 is 6.10 Å². The first-order chi connectivity index (χ1) is 10.5. The maximum atomic E-state index is 12.8. The molecular formula is C18H20FNO2. The molecule has 0 fully saturated rings. The molecule has 0 saturated carbocycles. The van der Waals surface area contributed by atoms with Crippen LogP contribution in [0.3, 0.4) is 0 Å². The Bertz CT molecular complexity index is 623. The van der Waals surface area contributed by atoms with Crippen LogP contribution in [-0.2, 0) is 4.79 Å². The first-order valence-electron chi connectivity index (χ1n) is 7.25. The molecule has 1 N–H and O–H groups in total. The van der Waals surface area contributed by atoms with Crippen molar-refractivity contribution in [2.45, 2.75) is 32.9 Å². The third-order valence-electron chi connectivity index (χ3n) is 3.43. The number of nitrogens with one attached hydrogen (secondary N) is 1. The highest BCUT2D eigenvalue weighted by molar-refractivity contribution is 5.81. The van der Waals surface area contributed by atoms with E-state index in [4.69, 9.17) is 4.74 Å². The van der Waals surface area contributed by atoms with Gasteiger partial charge < -0.3 is 10.1 Å². The lowest BCUT2D eigenvalue weighted by Gasteiger charge is -2.19. The minimum absolute atomic E-state index is 0.104. The van der Waals surface area contributed by atoms with Gasteiger partial charge in [-0.05, 0) is 50.6 Å². The molecule has 2 atom stereocenters. The van der Waals surface area contributed by atoms with Crippen molar-refractivity contribution in [3.63, 3.8) is 0 Å². The van der Waals surface area contributed by atoms with Crippen molar-refractivity contribution < 1.29 is 13.9 Å². The summed E-state index contributed by atoms with van der Waals surface area (Å²) in [6, 6.07) is 13.5. The fourth-order valence-electron chi connectivity index (χ4n) is 2.04. The molecule has 2 aromatic carbocycles. The van der Waals surface area contributed by atoms with Crippen LogP contribution in [0.5, 0.6) is 5.75 Å². The van der Waals surface area contributed by atoms with E-state index in [-0.39, 0.29) is 17.8 Å². The smallest absolute Gasteiger partial charge is 0.261 e. The number of carbonyl (C=O) groups is 1. The number of amides is 1. The molecule has 4 heteroatoms. The van der Waals surface area contributed by atoms with Crippen molar-refractivity contribution in [1.29, 1.82) is 0 Å². The van der Waals surface area contributed by atoms with Gasteiger partial charge in [-0.15, -0.1) is 0 Å². The Hall–Kier alpha value is -2.36. The Morgan fingerprint density at radius 2 is 1.64 bits per heavy atom. The average molecular weight is 301 g/mol. The zero-order valence-corrected chi connectivity index (χ0v) is 13.0. The Balaban J connectivity index is 1.93. The van der Waals surface area contributed by atoms with Crippen LogP contribution in [0, 0.1) is 12.7 Å². The molecule has 0 aliphatic rings. The van der Waals surface area contributed by atoms with Gasteiger partial charge in [-0.3, -0.25) is 4.79 Å². The molecule has 0 bridgehead atoms. The quantitative estimate of drug-likeness (QED) is 0.912. The second-order valence-electron chi connectivity index (χ2n) is 5.35. The monoisotopic (exact) mass is 301 g/mol. The number of aryl methyl sites for hydroxylation is 1. The summed E-state index contributed by atoms with van der Waals surface area (Å²) in [6.07, 6.45) is -0.654. The molecule has 3 nitrogen and oxygen atoms in total. The molecule has 0 aliphatic heterocycles. The van der Waals surface area contributed by atoms with Crippen LogP contribution in [-0.4, -0.2) is 12.0 Å². The van der Waals surface area contributed by atoms with Crippen molar-refractivity contribution in [1.82, 2.24) is 5.32 Å². The van der Waals surface area contributed by atoms with E-state index in [9.17, 15) is 9.18 Å². The van der Waals surface area contributed by atoms with E-state index in [1.807, 2.05) is 38.1 Å². The second kappa shape index (κ2) is 7.07. The van der Waals surface area contributed by atoms with E-state index in [1.165, 1.54) is 29.8 Å². The van der Waals surface area contributed by atoms with Gasteiger partial charge >= 0.3 is 0 Å². The lowest BCUT2D eigenvalue weighted by molar-refractivity contribution is -0.127. The molecule has 1 amide bonds. The number of hydrogen-bond donors (Lipinski definition) is 1. The standard InChI is InChI=1S/C18H20FNO2/c1-12-4-6-15(7-5-12)13(2)20-18(21)14(3)22-17-10-8-16(19)9-11-17/h4-11,13-14H,1-3H3,(H,20,21)/t13-,14-/m1/s1. The van der Waals surface area contributed by atoms with Gasteiger partial charge in [0.1, 0.15) is 11.6 Å². The zero-order valence-electron chi connectivity index (χ0n) is 13.0. The Morgan fingerprint density at radius 3 is 2.23 bits per heavy atom. The fourth-order valence-corrected chi connectivity index (χ4v) is 2.04. The van der Waals surface area contributed by atoms with Crippen molar-refractivity contribution >= 4 is 5.91 Å². The van der Waals surface area contributed by atoms with Gasteiger partial charge in [-0.2, -0.15) is 0 Å². The van der Waals surface area contributed by atoms with Crippen molar-refractivity contribution in [3.05, 3.63) is 65.5 Å². The number of benzene rings is 2. The fraction of sp³-hybridized carbons (Fsp3) is 0.278. The molecule has 0 radical (unpaired) electrons. The lowest BCUT2D eigenvalue weighted by atomic mass is 10.1. The molecule has 22 heavy (non-hydrogen) atoms. The van der Waals surface area contributed by atoms with Crippen molar-refractivity contribution in [2.24, 2.45) is 0 Å². The molecule has 2 rings (SSSR count). The number of hydrogen-bond acceptors (Lipinski definition) is 2. The van der Waals surface area contributed by atoms with Crippen LogP contribution < -0.4 is 10.1 Å².